The van der Waals surface area contributed by atoms with E-state index in [-0.39, 0.29) is 0 Å². The fourth-order valence-corrected chi connectivity index (χ4v) is 1.10. The summed E-state index contributed by atoms with van der Waals surface area (Å²) in [6.45, 7) is 10.4. The first-order valence-electron chi connectivity index (χ1n) is 3.50. The van der Waals surface area contributed by atoms with Gasteiger partial charge in [0.2, 0.25) is 0 Å². The van der Waals surface area contributed by atoms with Crippen LogP contribution in [0.1, 0.15) is 13.8 Å². The lowest BCUT2D eigenvalue weighted by atomic mass is 10.2. The summed E-state index contributed by atoms with van der Waals surface area (Å²) in [5.41, 5.74) is 0. The number of hydrogen-bond donors (Lipinski definition) is 1. The van der Waals surface area contributed by atoms with Crippen LogP contribution in [0, 0.1) is 0 Å². The van der Waals surface area contributed by atoms with Crippen LogP contribution in [-0.4, -0.2) is 36.5 Å². The van der Waals surface area contributed by atoms with Gasteiger partial charge in [-0.15, -0.1) is 0 Å². The number of nitrogens with one attached hydrogen (secondary N) is 1. The molecule has 0 aromatic heterocycles. The molecule has 0 aliphatic carbocycles. The van der Waals surface area contributed by atoms with E-state index in [1.165, 1.54) is 0 Å². The summed E-state index contributed by atoms with van der Waals surface area (Å²) < 4.78 is 2.14. The molecule has 0 aromatic rings. The summed E-state index contributed by atoms with van der Waals surface area (Å²) in [5.74, 6) is 0. The number of hydrogen-bond acceptors (Lipinski definition) is 1. The molecule has 2 nitrogen and oxygen atoms in total. The zero-order valence-corrected chi connectivity index (χ0v) is 6.22. The maximum absolute atomic E-state index is 3.92. The van der Waals surface area contributed by atoms with Crippen molar-refractivity contribution in [2.45, 2.75) is 25.9 Å². The second-order valence-electron chi connectivity index (χ2n) is 2.93. The van der Waals surface area contributed by atoms with Crippen LogP contribution in [0.5, 0.6) is 0 Å². The van der Waals surface area contributed by atoms with E-state index in [1.54, 1.807) is 0 Å². The van der Waals surface area contributed by atoms with E-state index in [0.29, 0.717) is 12.1 Å². The van der Waals surface area contributed by atoms with Gasteiger partial charge in [-0.1, -0.05) is 0 Å². The second-order valence-corrected chi connectivity index (χ2v) is 2.93. The van der Waals surface area contributed by atoms with Crippen LogP contribution in [0.25, 0.3) is 0 Å². The first-order chi connectivity index (χ1) is 4.20. The zero-order valence-electron chi connectivity index (χ0n) is 6.22. The number of rotatable bonds is 0. The minimum absolute atomic E-state index is 0.598. The van der Waals surface area contributed by atoms with E-state index in [9.17, 15) is 0 Å². The van der Waals surface area contributed by atoms with Crippen molar-refractivity contribution in [3.8, 4) is 0 Å². The van der Waals surface area contributed by atoms with Gasteiger partial charge in [0.05, 0.1) is 12.6 Å². The van der Waals surface area contributed by atoms with Crippen molar-refractivity contribution in [1.82, 2.24) is 5.32 Å². The van der Waals surface area contributed by atoms with Crippen molar-refractivity contribution in [3.63, 3.8) is 0 Å². The van der Waals surface area contributed by atoms with Gasteiger partial charge in [-0.3, -0.25) is 0 Å². The van der Waals surface area contributed by atoms with Gasteiger partial charge in [-0.05, 0) is 13.8 Å². The Kier molecular flexibility index (Phi) is 1.86. The van der Waals surface area contributed by atoms with Gasteiger partial charge in [0, 0.05) is 0 Å². The summed E-state index contributed by atoms with van der Waals surface area (Å²) >= 11 is 0. The molecule has 9 heavy (non-hydrogen) atoms. The third-order valence-corrected chi connectivity index (χ3v) is 1.89. The molecule has 0 amide bonds. The molecule has 1 fully saturated rings. The van der Waals surface area contributed by atoms with Crippen LogP contribution in [0.3, 0.4) is 0 Å². The van der Waals surface area contributed by atoms with E-state index in [0.717, 1.165) is 13.1 Å². The highest BCUT2D eigenvalue weighted by Crippen LogP contribution is 1.96. The smallest absolute Gasteiger partial charge is 0.161 e. The Morgan fingerprint density at radius 1 is 1.56 bits per heavy atom. The largest absolute Gasteiger partial charge is 0.302 e. The van der Waals surface area contributed by atoms with Gasteiger partial charge in [0.25, 0.3) is 0 Å². The minimum atomic E-state index is 0.598. The predicted octanol–water partition coefficient (Wildman–Crippen LogP) is 0.0797. The van der Waals surface area contributed by atoms with E-state index >= 15 is 0 Å². The predicted molar refractivity (Wildman–Crippen MR) is 39.2 cm³/mol. The molecule has 1 aliphatic heterocycles. The molecule has 2 unspecified atom stereocenters. The lowest BCUT2D eigenvalue weighted by Gasteiger charge is -2.22. The minimum Gasteiger partial charge on any atom is -0.302 e. The zero-order chi connectivity index (χ0) is 6.85. The summed E-state index contributed by atoms with van der Waals surface area (Å²) in [6.07, 6.45) is 0. The molecule has 1 N–H and O–H groups in total. The highest BCUT2D eigenvalue weighted by molar-refractivity contribution is 5.15. The quantitative estimate of drug-likeness (QED) is 0.455. The Hall–Kier alpha value is -0.370. The van der Waals surface area contributed by atoms with Crippen molar-refractivity contribution in [2.75, 3.05) is 13.1 Å². The van der Waals surface area contributed by atoms with E-state index in [1.807, 2.05) is 0 Å². The van der Waals surface area contributed by atoms with Crippen LogP contribution in [0.4, 0.5) is 0 Å². The van der Waals surface area contributed by atoms with Crippen molar-refractivity contribution in [2.24, 2.45) is 0 Å². The Morgan fingerprint density at radius 3 is 2.67 bits per heavy atom. The summed E-state index contributed by atoms with van der Waals surface area (Å²) in [5, 5.41) is 3.38. The van der Waals surface area contributed by atoms with Crippen LogP contribution in [-0.2, 0) is 0 Å². The van der Waals surface area contributed by atoms with Crippen LogP contribution in [0.15, 0.2) is 0 Å². The molecule has 1 aliphatic rings. The Balaban J connectivity index is 2.44. The van der Waals surface area contributed by atoms with Gasteiger partial charge >= 0.3 is 0 Å². The third kappa shape index (κ3) is 1.52. The highest BCUT2D eigenvalue weighted by Gasteiger charge is 2.21. The first-order valence-corrected chi connectivity index (χ1v) is 3.50. The number of nitrogens with zero attached hydrogens (tertiary/aromatic N) is 1. The van der Waals surface area contributed by atoms with E-state index < -0.39 is 0 Å². The average molecular weight is 127 g/mol. The van der Waals surface area contributed by atoms with Crippen molar-refractivity contribution < 1.29 is 4.58 Å². The fourth-order valence-electron chi connectivity index (χ4n) is 1.10. The highest BCUT2D eigenvalue weighted by atomic mass is 15.1. The molecule has 2 atom stereocenters. The average Bonchev–Trinajstić information content (AvgIpc) is 1.80. The van der Waals surface area contributed by atoms with Gasteiger partial charge in [0.1, 0.15) is 6.72 Å². The van der Waals surface area contributed by atoms with E-state index in [2.05, 4.69) is 30.5 Å². The summed E-state index contributed by atoms with van der Waals surface area (Å²) in [6, 6.07) is 1.21. The van der Waals surface area contributed by atoms with Gasteiger partial charge < -0.3 is 5.32 Å². The molecule has 1 rings (SSSR count). The first kappa shape index (κ1) is 6.75. The van der Waals surface area contributed by atoms with Gasteiger partial charge in [0.15, 0.2) is 12.6 Å². The van der Waals surface area contributed by atoms with Gasteiger partial charge in [-0.2, -0.15) is 0 Å². The normalized spacial score (nSPS) is 36.9. The monoisotopic (exact) mass is 127 g/mol. The molecule has 0 saturated carbocycles. The molecule has 1 heterocycles. The maximum Gasteiger partial charge on any atom is 0.161 e. The SMILES string of the molecule is C=[N+]1CC(C)NCC1C. The Bertz CT molecular complexity index is 120. The lowest BCUT2D eigenvalue weighted by Crippen LogP contribution is -2.49. The summed E-state index contributed by atoms with van der Waals surface area (Å²) in [4.78, 5) is 0. The fraction of sp³-hybridized carbons (Fsp3) is 0.857. The topological polar surface area (TPSA) is 15.0 Å². The van der Waals surface area contributed by atoms with Crippen molar-refractivity contribution in [3.05, 3.63) is 0 Å². The van der Waals surface area contributed by atoms with Crippen LogP contribution >= 0.6 is 0 Å². The Labute approximate surface area is 56.6 Å². The standard InChI is InChI=1S/C7H15N2/c1-6-5-9(3)7(2)4-8-6/h6-8H,3-5H2,1-2H3/q+1. The lowest BCUT2D eigenvalue weighted by molar-refractivity contribution is -0.564. The van der Waals surface area contributed by atoms with E-state index in [4.69, 9.17) is 0 Å². The van der Waals surface area contributed by atoms with Crippen molar-refractivity contribution in [1.29, 1.82) is 0 Å². The molecule has 0 aromatic carbocycles. The maximum atomic E-state index is 3.92. The molecular weight excluding hydrogens is 112 g/mol. The third-order valence-electron chi connectivity index (χ3n) is 1.89. The van der Waals surface area contributed by atoms with Crippen molar-refractivity contribution >= 4 is 6.72 Å². The van der Waals surface area contributed by atoms with Gasteiger partial charge in [-0.25, -0.2) is 4.58 Å². The molecule has 0 radical (unpaired) electrons. The molecule has 52 valence electrons. The molecule has 0 bridgehead atoms. The second kappa shape index (κ2) is 2.48. The molecule has 1 saturated heterocycles. The molecule has 2 heteroatoms. The summed E-state index contributed by atoms with van der Waals surface area (Å²) in [7, 11) is 0. The molecular formula is C7H15N2+. The molecule has 0 spiro atoms. The Morgan fingerprint density at radius 2 is 2.22 bits per heavy atom. The van der Waals surface area contributed by atoms with Crippen LogP contribution in [0.2, 0.25) is 0 Å². The van der Waals surface area contributed by atoms with Crippen LogP contribution < -0.4 is 5.32 Å². The number of piperazine rings is 1.